The number of nitrogens with zero attached hydrogens (tertiary/aromatic N) is 2. The lowest BCUT2D eigenvalue weighted by molar-refractivity contribution is -0.140. The third kappa shape index (κ3) is 8.01. The van der Waals surface area contributed by atoms with Gasteiger partial charge in [-0.2, -0.15) is 0 Å². The smallest absolute Gasteiger partial charge is 0.264 e. The van der Waals surface area contributed by atoms with Gasteiger partial charge in [-0.15, -0.1) is 0 Å². The van der Waals surface area contributed by atoms with E-state index in [1.54, 1.807) is 54.6 Å². The number of hydrogen-bond acceptors (Lipinski definition) is 5. The predicted molar refractivity (Wildman–Crippen MR) is 163 cm³/mol. The maximum Gasteiger partial charge on any atom is 0.264 e. The molecule has 0 spiro atoms. The van der Waals surface area contributed by atoms with E-state index in [-0.39, 0.29) is 23.0 Å². The molecule has 3 rings (SSSR count). The van der Waals surface area contributed by atoms with Crippen molar-refractivity contribution in [2.75, 3.05) is 24.5 Å². The number of aryl methyl sites for hydroxylation is 2. The minimum atomic E-state index is -4.21. The summed E-state index contributed by atoms with van der Waals surface area (Å²) in [5.74, 6) is -0.522. The topological polar surface area (TPSA) is 96.0 Å². The van der Waals surface area contributed by atoms with E-state index >= 15 is 0 Å². The number of nitrogens with one attached hydrogen (secondary N) is 1. The Bertz CT molecular complexity index is 1440. The van der Waals surface area contributed by atoms with E-state index in [2.05, 4.69) is 5.32 Å². The molecule has 10 heteroatoms. The van der Waals surface area contributed by atoms with Gasteiger partial charge in [-0.1, -0.05) is 61.3 Å². The summed E-state index contributed by atoms with van der Waals surface area (Å²) in [6.07, 6.45) is 1.08. The molecule has 0 bridgehead atoms. The van der Waals surface area contributed by atoms with E-state index in [0.29, 0.717) is 23.7 Å². The van der Waals surface area contributed by atoms with Crippen molar-refractivity contribution in [3.63, 3.8) is 0 Å². The fraction of sp³-hybridized carbons (Fsp3) is 0.355. The maximum absolute atomic E-state index is 14.2. The van der Waals surface area contributed by atoms with Crippen LogP contribution in [0.15, 0.2) is 71.6 Å². The predicted octanol–water partition coefficient (Wildman–Crippen LogP) is 5.49. The number of ether oxygens (including phenoxy) is 1. The molecule has 1 N–H and O–H groups in total. The molecule has 0 aromatic heterocycles. The highest BCUT2D eigenvalue weighted by atomic mass is 35.5. The van der Waals surface area contributed by atoms with Gasteiger partial charge >= 0.3 is 0 Å². The Morgan fingerprint density at radius 3 is 2.17 bits per heavy atom. The number of methoxy groups -OCH3 is 1. The van der Waals surface area contributed by atoms with Crippen LogP contribution in [0.25, 0.3) is 0 Å². The number of rotatable bonds is 13. The van der Waals surface area contributed by atoms with Crippen molar-refractivity contribution in [2.24, 2.45) is 0 Å². The number of carbonyl (C=O) groups excluding carboxylic acids is 2. The average Bonchev–Trinajstić information content (AvgIpc) is 2.95. The average molecular weight is 600 g/mol. The molecule has 0 saturated carbocycles. The Morgan fingerprint density at radius 2 is 1.59 bits per heavy atom. The van der Waals surface area contributed by atoms with Gasteiger partial charge in [-0.05, 0) is 74.2 Å². The quantitative estimate of drug-likeness (QED) is 0.280. The Labute approximate surface area is 248 Å². The summed E-state index contributed by atoms with van der Waals surface area (Å²) < 4.78 is 34.8. The number of carbonyl (C=O) groups is 2. The molecule has 41 heavy (non-hydrogen) atoms. The van der Waals surface area contributed by atoms with Crippen LogP contribution in [0.2, 0.25) is 5.02 Å². The SMILES string of the molecule is CCCNC(=O)[C@@H](CC)N(Cc1ccc(Cl)cc1)C(=O)CN(c1cc(C)ccc1OC)S(=O)(=O)c1ccc(C)cc1. The first-order valence-electron chi connectivity index (χ1n) is 13.6. The fourth-order valence-corrected chi connectivity index (χ4v) is 5.96. The molecule has 0 radical (unpaired) electrons. The summed E-state index contributed by atoms with van der Waals surface area (Å²) >= 11 is 6.07. The first kappa shape index (κ1) is 32.0. The molecule has 0 aliphatic carbocycles. The second kappa shape index (κ2) is 14.4. The Balaban J connectivity index is 2.11. The van der Waals surface area contributed by atoms with Crippen LogP contribution in [-0.4, -0.2) is 51.4 Å². The van der Waals surface area contributed by atoms with Crippen molar-refractivity contribution in [2.45, 2.75) is 58.0 Å². The Morgan fingerprint density at radius 1 is 0.951 bits per heavy atom. The van der Waals surface area contributed by atoms with Crippen LogP contribution in [0.3, 0.4) is 0 Å². The lowest BCUT2D eigenvalue weighted by atomic mass is 10.1. The van der Waals surface area contributed by atoms with E-state index < -0.39 is 28.5 Å². The highest BCUT2D eigenvalue weighted by Crippen LogP contribution is 2.34. The first-order valence-corrected chi connectivity index (χ1v) is 15.4. The standard InChI is InChI=1S/C31H38ClN3O5S/c1-6-18-33-31(37)27(7-2)34(20-24-11-13-25(32)14-12-24)30(36)21-35(28-19-23(4)10-17-29(28)40-5)41(38,39)26-15-8-22(3)9-16-26/h8-17,19,27H,6-7,18,20-21H2,1-5H3,(H,33,37)/t27-/m1/s1. The van der Waals surface area contributed by atoms with Gasteiger partial charge in [0.15, 0.2) is 0 Å². The number of benzene rings is 3. The normalized spacial score (nSPS) is 12.0. The van der Waals surface area contributed by atoms with E-state index in [4.69, 9.17) is 16.3 Å². The van der Waals surface area contributed by atoms with E-state index in [1.807, 2.05) is 27.7 Å². The van der Waals surface area contributed by atoms with Crippen LogP contribution in [0, 0.1) is 13.8 Å². The number of amides is 2. The molecule has 1 atom stereocenters. The molecule has 220 valence electrons. The summed E-state index contributed by atoms with van der Waals surface area (Å²) in [7, 11) is -2.76. The number of sulfonamides is 1. The van der Waals surface area contributed by atoms with Gasteiger partial charge in [0, 0.05) is 18.1 Å². The first-order chi connectivity index (χ1) is 19.5. The highest BCUT2D eigenvalue weighted by molar-refractivity contribution is 7.92. The van der Waals surface area contributed by atoms with Gasteiger partial charge in [0.05, 0.1) is 17.7 Å². The second-order valence-electron chi connectivity index (χ2n) is 9.86. The zero-order valence-electron chi connectivity index (χ0n) is 24.2. The second-order valence-corrected chi connectivity index (χ2v) is 12.2. The van der Waals surface area contributed by atoms with Crippen LogP contribution in [0.5, 0.6) is 5.75 Å². The molecule has 0 aliphatic heterocycles. The van der Waals surface area contributed by atoms with E-state index in [0.717, 1.165) is 27.4 Å². The van der Waals surface area contributed by atoms with Gasteiger partial charge in [0.25, 0.3) is 10.0 Å². The number of hydrogen-bond donors (Lipinski definition) is 1. The molecule has 3 aromatic carbocycles. The molecule has 0 unspecified atom stereocenters. The largest absolute Gasteiger partial charge is 0.495 e. The summed E-state index contributed by atoms with van der Waals surface area (Å²) in [6.45, 7) is 7.48. The lowest BCUT2D eigenvalue weighted by Gasteiger charge is -2.33. The molecular weight excluding hydrogens is 562 g/mol. The van der Waals surface area contributed by atoms with Crippen LogP contribution < -0.4 is 14.4 Å². The molecule has 0 heterocycles. The zero-order valence-corrected chi connectivity index (χ0v) is 25.8. The van der Waals surface area contributed by atoms with Crippen LogP contribution in [0.4, 0.5) is 5.69 Å². The molecular formula is C31H38ClN3O5S. The third-order valence-corrected chi connectivity index (χ3v) is 8.72. The molecule has 0 aliphatic rings. The molecule has 0 saturated heterocycles. The number of halogens is 1. The van der Waals surface area contributed by atoms with Gasteiger partial charge in [-0.25, -0.2) is 8.42 Å². The molecule has 2 amide bonds. The summed E-state index contributed by atoms with van der Waals surface area (Å²) in [4.78, 5) is 28.8. The Hall–Kier alpha value is -3.56. The van der Waals surface area contributed by atoms with Crippen molar-refractivity contribution in [1.82, 2.24) is 10.2 Å². The van der Waals surface area contributed by atoms with Gasteiger partial charge in [0.1, 0.15) is 18.3 Å². The van der Waals surface area contributed by atoms with Crippen molar-refractivity contribution in [1.29, 1.82) is 0 Å². The summed E-state index contributed by atoms with van der Waals surface area (Å²) in [6, 6.07) is 17.8. The molecule has 8 nitrogen and oxygen atoms in total. The zero-order chi connectivity index (χ0) is 30.2. The maximum atomic E-state index is 14.2. The van der Waals surface area contributed by atoms with Crippen molar-refractivity contribution in [3.8, 4) is 5.75 Å². The Kier molecular flexibility index (Phi) is 11.2. The fourth-order valence-electron chi connectivity index (χ4n) is 4.42. The van der Waals surface area contributed by atoms with Crippen LogP contribution in [0.1, 0.15) is 43.4 Å². The lowest BCUT2D eigenvalue weighted by Crippen LogP contribution is -2.52. The minimum absolute atomic E-state index is 0.0384. The van der Waals surface area contributed by atoms with Crippen LogP contribution >= 0.6 is 11.6 Å². The summed E-state index contributed by atoms with van der Waals surface area (Å²) in [5, 5.41) is 3.42. The van der Waals surface area contributed by atoms with E-state index in [1.165, 1.54) is 24.1 Å². The minimum Gasteiger partial charge on any atom is -0.495 e. The number of anilines is 1. The highest BCUT2D eigenvalue weighted by Gasteiger charge is 2.34. The van der Waals surface area contributed by atoms with Gasteiger partial charge in [0.2, 0.25) is 11.8 Å². The monoisotopic (exact) mass is 599 g/mol. The van der Waals surface area contributed by atoms with Gasteiger partial charge in [-0.3, -0.25) is 13.9 Å². The molecule has 0 fully saturated rings. The van der Waals surface area contributed by atoms with E-state index in [9.17, 15) is 18.0 Å². The van der Waals surface area contributed by atoms with Crippen LogP contribution in [-0.2, 0) is 26.2 Å². The van der Waals surface area contributed by atoms with Gasteiger partial charge < -0.3 is 15.0 Å². The molecule has 3 aromatic rings. The van der Waals surface area contributed by atoms with Crippen molar-refractivity contribution >= 4 is 39.1 Å². The van der Waals surface area contributed by atoms with Crippen molar-refractivity contribution < 1.29 is 22.7 Å². The van der Waals surface area contributed by atoms with Crippen molar-refractivity contribution in [3.05, 3.63) is 88.4 Å². The summed E-state index contributed by atoms with van der Waals surface area (Å²) in [5.41, 5.74) is 2.68. The third-order valence-electron chi connectivity index (χ3n) is 6.69.